The number of aromatic nitrogens is 2. The van der Waals surface area contributed by atoms with Gasteiger partial charge in [0.05, 0.1) is 15.6 Å². The van der Waals surface area contributed by atoms with Crippen molar-refractivity contribution in [3.05, 3.63) is 23.9 Å². The fourth-order valence-electron chi connectivity index (χ4n) is 1.04. The van der Waals surface area contributed by atoms with Gasteiger partial charge in [-0.2, -0.15) is 5.10 Å². The van der Waals surface area contributed by atoms with Crippen LogP contribution in [0.15, 0.2) is 18.3 Å². The first-order valence-electron chi connectivity index (χ1n) is 3.65. The number of nitrogens with zero attached hydrogens (tertiary/aromatic N) is 1. The van der Waals surface area contributed by atoms with E-state index in [0.717, 1.165) is 16.9 Å². The average Bonchev–Trinajstić information content (AvgIpc) is 2.71. The second kappa shape index (κ2) is 3.02. The van der Waals surface area contributed by atoms with Gasteiger partial charge in [-0.1, -0.05) is 0 Å². The van der Waals surface area contributed by atoms with Gasteiger partial charge in [-0.3, -0.25) is 9.89 Å². The minimum atomic E-state index is 0.537. The first kappa shape index (κ1) is 8.00. The predicted octanol–water partition coefficient (Wildman–Crippen LogP) is 1.53. The normalized spacial score (nSPS) is 10.2. The molecule has 0 aromatic carbocycles. The van der Waals surface area contributed by atoms with Crippen LogP contribution in [-0.4, -0.2) is 16.5 Å². The quantitative estimate of drug-likeness (QED) is 0.710. The molecule has 2 rings (SSSR count). The molecule has 0 spiro atoms. The third kappa shape index (κ3) is 1.33. The highest BCUT2D eigenvalue weighted by Crippen LogP contribution is 2.30. The molecule has 0 bridgehead atoms. The molecule has 0 aliphatic heterocycles. The van der Waals surface area contributed by atoms with Crippen LogP contribution in [0.2, 0.25) is 0 Å². The van der Waals surface area contributed by atoms with E-state index in [2.05, 4.69) is 10.2 Å². The van der Waals surface area contributed by atoms with Crippen molar-refractivity contribution in [3.63, 3.8) is 0 Å². The molecular formula is C8H7N3OS. The van der Waals surface area contributed by atoms with E-state index in [1.54, 1.807) is 12.3 Å². The number of aldehydes is 1. The summed E-state index contributed by atoms with van der Waals surface area (Å²) in [5, 5.41) is 7.16. The predicted molar refractivity (Wildman–Crippen MR) is 51.7 cm³/mol. The molecule has 0 aliphatic rings. The summed E-state index contributed by atoms with van der Waals surface area (Å²) < 4.78 is 0. The van der Waals surface area contributed by atoms with Crippen LogP contribution in [0.1, 0.15) is 10.4 Å². The standard InChI is InChI=1S/C8H7N3OS/c9-8-5(4-12)3-7(13-8)6-1-2-10-11-6/h1-4H,9H2,(H,10,11). The van der Waals surface area contributed by atoms with E-state index in [4.69, 9.17) is 5.73 Å². The molecule has 3 N–H and O–H groups in total. The second-order valence-electron chi connectivity index (χ2n) is 2.52. The zero-order valence-corrected chi connectivity index (χ0v) is 7.47. The van der Waals surface area contributed by atoms with Crippen LogP contribution < -0.4 is 5.73 Å². The lowest BCUT2D eigenvalue weighted by Crippen LogP contribution is -1.83. The Morgan fingerprint density at radius 1 is 1.62 bits per heavy atom. The summed E-state index contributed by atoms with van der Waals surface area (Å²) >= 11 is 1.37. The number of thiophene rings is 1. The largest absolute Gasteiger partial charge is 0.390 e. The smallest absolute Gasteiger partial charge is 0.153 e. The zero-order chi connectivity index (χ0) is 9.26. The first-order chi connectivity index (χ1) is 6.31. The molecule has 66 valence electrons. The molecule has 0 saturated carbocycles. The third-order valence-corrected chi connectivity index (χ3v) is 2.70. The molecule has 2 heterocycles. The first-order valence-corrected chi connectivity index (χ1v) is 4.47. The Bertz CT molecular complexity index is 419. The van der Waals surface area contributed by atoms with Crippen LogP contribution in [0.5, 0.6) is 0 Å². The summed E-state index contributed by atoms with van der Waals surface area (Å²) in [5.41, 5.74) is 7.03. The van der Waals surface area contributed by atoms with Crippen LogP contribution in [-0.2, 0) is 0 Å². The van der Waals surface area contributed by atoms with Gasteiger partial charge in [0.25, 0.3) is 0 Å². The Morgan fingerprint density at radius 2 is 2.46 bits per heavy atom. The van der Waals surface area contributed by atoms with Crippen LogP contribution in [0.25, 0.3) is 10.6 Å². The van der Waals surface area contributed by atoms with Crippen molar-refractivity contribution in [3.8, 4) is 10.6 Å². The maximum Gasteiger partial charge on any atom is 0.153 e. The van der Waals surface area contributed by atoms with Crippen molar-refractivity contribution in [1.29, 1.82) is 0 Å². The monoisotopic (exact) mass is 193 g/mol. The van der Waals surface area contributed by atoms with Crippen molar-refractivity contribution in [1.82, 2.24) is 10.2 Å². The van der Waals surface area contributed by atoms with Gasteiger partial charge in [0.2, 0.25) is 0 Å². The number of carbonyl (C=O) groups excluding carboxylic acids is 1. The summed E-state index contributed by atoms with van der Waals surface area (Å²) in [6, 6.07) is 3.58. The molecule has 0 saturated heterocycles. The second-order valence-corrected chi connectivity index (χ2v) is 3.60. The number of H-pyrrole nitrogens is 1. The summed E-state index contributed by atoms with van der Waals surface area (Å²) in [6.45, 7) is 0. The molecule has 13 heavy (non-hydrogen) atoms. The van der Waals surface area contributed by atoms with Crippen LogP contribution in [0.4, 0.5) is 5.00 Å². The number of hydrogen-bond acceptors (Lipinski definition) is 4. The molecule has 4 nitrogen and oxygen atoms in total. The van der Waals surface area contributed by atoms with Crippen molar-refractivity contribution in [2.45, 2.75) is 0 Å². The van der Waals surface area contributed by atoms with E-state index in [1.807, 2.05) is 6.07 Å². The molecule has 0 atom stereocenters. The van der Waals surface area contributed by atoms with Gasteiger partial charge in [-0.25, -0.2) is 0 Å². The lowest BCUT2D eigenvalue weighted by Gasteiger charge is -1.86. The molecule has 0 fully saturated rings. The molecule has 2 aromatic heterocycles. The van der Waals surface area contributed by atoms with E-state index >= 15 is 0 Å². The lowest BCUT2D eigenvalue weighted by atomic mass is 10.3. The number of anilines is 1. The van der Waals surface area contributed by atoms with Gasteiger partial charge in [0.1, 0.15) is 0 Å². The van der Waals surface area contributed by atoms with E-state index in [1.165, 1.54) is 11.3 Å². The van der Waals surface area contributed by atoms with Gasteiger partial charge in [-0.05, 0) is 12.1 Å². The molecule has 5 heteroatoms. The minimum absolute atomic E-state index is 0.537. The number of nitrogens with one attached hydrogen (secondary N) is 1. The number of nitrogens with two attached hydrogens (primary N) is 1. The van der Waals surface area contributed by atoms with E-state index in [-0.39, 0.29) is 0 Å². The zero-order valence-electron chi connectivity index (χ0n) is 6.65. The van der Waals surface area contributed by atoms with Crippen molar-refractivity contribution < 1.29 is 4.79 Å². The Balaban J connectivity index is 2.48. The number of aromatic amines is 1. The number of rotatable bonds is 2. The molecule has 0 radical (unpaired) electrons. The molecule has 0 aliphatic carbocycles. The fourth-order valence-corrected chi connectivity index (χ4v) is 1.91. The summed E-state index contributed by atoms with van der Waals surface area (Å²) in [6.07, 6.45) is 2.41. The van der Waals surface area contributed by atoms with Gasteiger partial charge < -0.3 is 5.73 Å². The Morgan fingerprint density at radius 3 is 3.00 bits per heavy atom. The highest BCUT2D eigenvalue weighted by Gasteiger charge is 2.07. The van der Waals surface area contributed by atoms with Gasteiger partial charge in [-0.15, -0.1) is 11.3 Å². The van der Waals surface area contributed by atoms with Gasteiger partial charge in [0.15, 0.2) is 6.29 Å². The van der Waals surface area contributed by atoms with Gasteiger partial charge >= 0.3 is 0 Å². The molecule has 0 unspecified atom stereocenters. The summed E-state index contributed by atoms with van der Waals surface area (Å²) in [7, 11) is 0. The lowest BCUT2D eigenvalue weighted by molar-refractivity contribution is 0.112. The molecular weight excluding hydrogens is 186 g/mol. The van der Waals surface area contributed by atoms with Crippen LogP contribution in [0, 0.1) is 0 Å². The Labute approximate surface area is 78.4 Å². The van der Waals surface area contributed by atoms with Crippen molar-refractivity contribution >= 4 is 22.6 Å². The fraction of sp³-hybridized carbons (Fsp3) is 0. The number of hydrogen-bond donors (Lipinski definition) is 2. The van der Waals surface area contributed by atoms with Crippen LogP contribution in [0.3, 0.4) is 0 Å². The van der Waals surface area contributed by atoms with Crippen molar-refractivity contribution in [2.75, 3.05) is 5.73 Å². The Hall–Kier alpha value is -1.62. The molecule has 2 aromatic rings. The molecule has 0 amide bonds. The highest BCUT2D eigenvalue weighted by molar-refractivity contribution is 7.19. The average molecular weight is 193 g/mol. The summed E-state index contributed by atoms with van der Waals surface area (Å²) in [5.74, 6) is 0. The maximum absolute atomic E-state index is 10.5. The van der Waals surface area contributed by atoms with Crippen LogP contribution >= 0.6 is 11.3 Å². The SMILES string of the molecule is Nc1sc(-c2ccn[nH]2)cc1C=O. The highest BCUT2D eigenvalue weighted by atomic mass is 32.1. The minimum Gasteiger partial charge on any atom is -0.390 e. The van der Waals surface area contributed by atoms with E-state index in [0.29, 0.717) is 10.6 Å². The maximum atomic E-state index is 10.5. The third-order valence-electron chi connectivity index (χ3n) is 1.68. The number of carbonyl (C=O) groups is 1. The summed E-state index contributed by atoms with van der Waals surface area (Å²) in [4.78, 5) is 11.4. The topological polar surface area (TPSA) is 71.8 Å². The number of nitrogen functional groups attached to an aromatic ring is 1. The van der Waals surface area contributed by atoms with E-state index < -0.39 is 0 Å². The van der Waals surface area contributed by atoms with E-state index in [9.17, 15) is 4.79 Å². The Kier molecular flexibility index (Phi) is 1.86. The van der Waals surface area contributed by atoms with Crippen molar-refractivity contribution in [2.24, 2.45) is 0 Å². The van der Waals surface area contributed by atoms with Gasteiger partial charge in [0, 0.05) is 11.8 Å².